The molecule has 4 amide bonds. The Labute approximate surface area is 408 Å². The standard InChI is InChI=1S/C23H31ClFN7O4S.C18H23ClFN7O3S/c24-22-29-19(26-11-16-12-37-13-28-16)18(25)20(30-22)31-32-21(33)15(9-14-5-1-2-6-14)10-27-23(34)36-17-7-3-4-8-35-17;19-17-24-14(21-7-12-8-31-9-23-12)13(20)15(25-17)26-27-16(28)11(6-22-18(29)30)5-10-3-1-2-4-10/h12-15,17H,1-11H2,(H,27,34)(H,32,33)(H2,26,29,30,31);8-11,22H,1-7H2,(H,27,28)(H,29,30)(H2,21,24,25,26)/t15-,17?;11-/m11/s1. The molecule has 1 aliphatic heterocycles. The van der Waals surface area contributed by atoms with Gasteiger partial charge in [-0.2, -0.15) is 28.7 Å². The molecule has 3 aliphatic rings. The van der Waals surface area contributed by atoms with Crippen molar-refractivity contribution in [2.45, 2.75) is 103 Å². The van der Waals surface area contributed by atoms with E-state index in [1.54, 1.807) is 11.0 Å². The smallest absolute Gasteiger partial charge is 0.409 e. The minimum atomic E-state index is -1.21. The number of ether oxygens (including phenoxy) is 2. The first-order valence-corrected chi connectivity index (χ1v) is 24.9. The highest BCUT2D eigenvalue weighted by Crippen LogP contribution is 2.32. The Kier molecular flexibility index (Phi) is 20.5. The Bertz CT molecular complexity index is 2240. The van der Waals surface area contributed by atoms with Gasteiger partial charge in [-0.05, 0) is 60.7 Å². The van der Waals surface area contributed by atoms with Crippen molar-refractivity contribution in [2.24, 2.45) is 23.7 Å². The van der Waals surface area contributed by atoms with Gasteiger partial charge in [-0.25, -0.2) is 19.6 Å². The second-order valence-corrected chi connectivity index (χ2v) is 18.5. The van der Waals surface area contributed by atoms with Crippen LogP contribution >= 0.6 is 45.9 Å². The maximum Gasteiger partial charge on any atom is 0.409 e. The molecule has 1 unspecified atom stereocenters. The van der Waals surface area contributed by atoms with Gasteiger partial charge in [-0.15, -0.1) is 22.7 Å². The first-order valence-electron chi connectivity index (χ1n) is 22.2. The van der Waals surface area contributed by atoms with Crippen LogP contribution in [-0.4, -0.2) is 85.0 Å². The third-order valence-electron chi connectivity index (χ3n) is 11.4. The van der Waals surface area contributed by atoms with Gasteiger partial charge in [0.25, 0.3) is 0 Å². The van der Waals surface area contributed by atoms with Gasteiger partial charge in [0.05, 0.1) is 53.9 Å². The molecule has 3 fully saturated rings. The highest BCUT2D eigenvalue weighted by atomic mass is 35.5. The Morgan fingerprint density at radius 2 is 1.15 bits per heavy atom. The van der Waals surface area contributed by atoms with Crippen LogP contribution in [-0.2, 0) is 32.2 Å². The molecule has 68 heavy (non-hydrogen) atoms. The average Bonchev–Trinajstić information content (AvgIpc) is 4.19. The van der Waals surface area contributed by atoms with E-state index in [1.807, 2.05) is 10.8 Å². The maximum absolute atomic E-state index is 15.0. The molecule has 370 valence electrons. The summed E-state index contributed by atoms with van der Waals surface area (Å²) in [5.41, 5.74) is 14.6. The van der Waals surface area contributed by atoms with Crippen LogP contribution in [0, 0.1) is 35.3 Å². The van der Waals surface area contributed by atoms with E-state index in [-0.39, 0.29) is 60.0 Å². The van der Waals surface area contributed by atoms with Crippen molar-refractivity contribution >= 4 is 93.1 Å². The minimum Gasteiger partial charge on any atom is -0.465 e. The summed E-state index contributed by atoms with van der Waals surface area (Å²) in [6.45, 7) is 1.08. The van der Waals surface area contributed by atoms with Crippen LogP contribution in [0.25, 0.3) is 0 Å². The number of alkyl carbamates (subject to hydrolysis) is 1. The normalized spacial score (nSPS) is 16.9. The van der Waals surface area contributed by atoms with Crippen molar-refractivity contribution < 1.29 is 42.5 Å². The van der Waals surface area contributed by atoms with Crippen LogP contribution in [0.3, 0.4) is 0 Å². The summed E-state index contributed by atoms with van der Waals surface area (Å²) in [5, 5.41) is 22.6. The number of carbonyl (C=O) groups is 4. The summed E-state index contributed by atoms with van der Waals surface area (Å²) >= 11 is 14.7. The van der Waals surface area contributed by atoms with Gasteiger partial charge in [0, 0.05) is 30.3 Å². The molecule has 2 saturated carbocycles. The van der Waals surface area contributed by atoms with E-state index in [2.05, 4.69) is 72.9 Å². The first kappa shape index (κ1) is 51.9. The lowest BCUT2D eigenvalue weighted by Gasteiger charge is -2.24. The highest BCUT2D eigenvalue weighted by molar-refractivity contribution is 7.07. The number of halogens is 4. The topological polar surface area (TPSA) is 281 Å². The lowest BCUT2D eigenvalue weighted by molar-refractivity contribution is -0.128. The Balaban J connectivity index is 0.000000228. The fourth-order valence-corrected chi connectivity index (χ4v) is 9.38. The zero-order valence-corrected chi connectivity index (χ0v) is 40.0. The van der Waals surface area contributed by atoms with E-state index >= 15 is 0 Å². The number of aromatic nitrogens is 6. The predicted molar refractivity (Wildman–Crippen MR) is 251 cm³/mol. The molecule has 0 spiro atoms. The molecule has 0 aromatic carbocycles. The molecule has 7 rings (SSSR count). The van der Waals surface area contributed by atoms with E-state index < -0.39 is 53.8 Å². The van der Waals surface area contributed by atoms with Crippen LogP contribution in [0.1, 0.15) is 94.9 Å². The number of rotatable bonds is 21. The number of amides is 4. The second kappa shape index (κ2) is 26.9. The number of nitrogens with zero attached hydrogens (tertiary/aromatic N) is 6. The average molecular weight is 1030 g/mol. The molecular formula is C41H54Cl2F2N14O7S2. The van der Waals surface area contributed by atoms with Crippen molar-refractivity contribution in [3.05, 3.63) is 55.4 Å². The number of hydrazine groups is 2. The van der Waals surface area contributed by atoms with Gasteiger partial charge < -0.3 is 35.8 Å². The molecule has 27 heteroatoms. The van der Waals surface area contributed by atoms with Crippen molar-refractivity contribution in [1.82, 2.24) is 51.4 Å². The third kappa shape index (κ3) is 16.9. The Hall–Kier alpha value is -5.50. The zero-order chi connectivity index (χ0) is 48.3. The van der Waals surface area contributed by atoms with Gasteiger partial charge in [-0.1, -0.05) is 51.4 Å². The number of hydrogen-bond acceptors (Lipinski definition) is 18. The summed E-state index contributed by atoms with van der Waals surface area (Å²) in [7, 11) is 0. The van der Waals surface area contributed by atoms with Crippen molar-refractivity contribution in [1.29, 1.82) is 0 Å². The highest BCUT2D eigenvalue weighted by Gasteiger charge is 2.29. The number of carbonyl (C=O) groups excluding carboxylic acids is 3. The number of thiazole rings is 2. The van der Waals surface area contributed by atoms with Crippen LogP contribution in [0.4, 0.5) is 41.6 Å². The molecule has 1 saturated heterocycles. The fourth-order valence-electron chi connectivity index (χ4n) is 7.93. The van der Waals surface area contributed by atoms with Crippen molar-refractivity contribution in [3.63, 3.8) is 0 Å². The van der Waals surface area contributed by atoms with Gasteiger partial charge in [0.1, 0.15) is 0 Å². The Morgan fingerprint density at radius 3 is 1.57 bits per heavy atom. The van der Waals surface area contributed by atoms with Crippen LogP contribution in [0.2, 0.25) is 10.6 Å². The Morgan fingerprint density at radius 1 is 0.691 bits per heavy atom. The molecule has 0 bridgehead atoms. The number of hydrogen-bond donors (Lipinski definition) is 9. The summed E-state index contributed by atoms with van der Waals surface area (Å²) in [5.74, 6) is -3.78. The summed E-state index contributed by atoms with van der Waals surface area (Å²) in [6.07, 6.45) is 9.76. The van der Waals surface area contributed by atoms with Crippen LogP contribution in [0.5, 0.6) is 0 Å². The monoisotopic (exact) mass is 1030 g/mol. The summed E-state index contributed by atoms with van der Waals surface area (Å²) in [4.78, 5) is 72.4. The molecule has 5 heterocycles. The van der Waals surface area contributed by atoms with Gasteiger partial charge >= 0.3 is 12.2 Å². The van der Waals surface area contributed by atoms with E-state index in [9.17, 15) is 28.0 Å². The predicted octanol–water partition coefficient (Wildman–Crippen LogP) is 7.48. The van der Waals surface area contributed by atoms with Crippen LogP contribution in [0.15, 0.2) is 21.8 Å². The second-order valence-electron chi connectivity index (χ2n) is 16.3. The third-order valence-corrected chi connectivity index (χ3v) is 13.0. The van der Waals surface area contributed by atoms with E-state index in [0.29, 0.717) is 43.4 Å². The van der Waals surface area contributed by atoms with Gasteiger partial charge in [0.2, 0.25) is 40.3 Å². The molecule has 4 aromatic heterocycles. The molecule has 0 radical (unpaired) electrons. The minimum absolute atomic E-state index is 0.0349. The molecular weight excluding hydrogens is 974 g/mol. The fraction of sp³-hybridized carbons (Fsp3) is 0.561. The molecule has 2 aliphatic carbocycles. The molecule has 21 nitrogen and oxygen atoms in total. The SMILES string of the molecule is O=C(NC[C@@H](CC1CCCC1)C(=O)NNc1nc(Cl)nc(NCc2cscn2)c1F)OC1CCCCO1.O=C(O)NC[C@@H](CC1CCCC1)C(=O)NNc1nc(Cl)nc(NCc2cscn2)c1F. The molecule has 4 aromatic rings. The van der Waals surface area contributed by atoms with Crippen LogP contribution < -0.4 is 43.0 Å². The quantitative estimate of drug-likeness (QED) is 0.0289. The number of carboxylic acid groups (broad SMARTS) is 1. The molecule has 9 N–H and O–H groups in total. The van der Waals surface area contributed by atoms with Crippen molar-refractivity contribution in [3.8, 4) is 0 Å². The summed E-state index contributed by atoms with van der Waals surface area (Å²) < 4.78 is 40.4. The summed E-state index contributed by atoms with van der Waals surface area (Å²) in [6, 6.07) is 0. The van der Waals surface area contributed by atoms with E-state index in [4.69, 9.17) is 37.8 Å². The van der Waals surface area contributed by atoms with Gasteiger partial charge in [-0.3, -0.25) is 31.3 Å². The number of nitrogens with one attached hydrogen (secondary N) is 8. The first-order chi connectivity index (χ1) is 32.9. The molecule has 3 atom stereocenters. The van der Waals surface area contributed by atoms with Crippen molar-refractivity contribution in [2.75, 3.05) is 41.2 Å². The van der Waals surface area contributed by atoms with E-state index in [0.717, 1.165) is 69.9 Å². The van der Waals surface area contributed by atoms with E-state index in [1.165, 1.54) is 22.7 Å². The lowest BCUT2D eigenvalue weighted by Crippen LogP contribution is -2.43. The lowest BCUT2D eigenvalue weighted by atomic mass is 9.92. The number of anilines is 4. The maximum atomic E-state index is 15.0. The largest absolute Gasteiger partial charge is 0.465 e. The van der Waals surface area contributed by atoms with Gasteiger partial charge in [0.15, 0.2) is 23.3 Å². The zero-order valence-electron chi connectivity index (χ0n) is 36.8.